The zero-order valence-corrected chi connectivity index (χ0v) is 9.56. The van der Waals surface area contributed by atoms with Crippen LogP contribution in [0.3, 0.4) is 0 Å². The molecule has 1 fully saturated rings. The van der Waals surface area contributed by atoms with Crippen LogP contribution in [0, 0.1) is 0 Å². The number of hydrogen-bond donors (Lipinski definition) is 1. The first-order valence-corrected chi connectivity index (χ1v) is 5.88. The standard InChI is InChI=1S/C13H16F3N/c14-13(15,16)11-6-4-10(5-7-11)12(17)8-2-1-3-9-12/h4-7H,1-3,8-9,17H2. The van der Waals surface area contributed by atoms with Crippen LogP contribution in [-0.2, 0) is 11.7 Å². The first-order valence-electron chi connectivity index (χ1n) is 5.88. The van der Waals surface area contributed by atoms with E-state index >= 15 is 0 Å². The summed E-state index contributed by atoms with van der Waals surface area (Å²) in [5, 5.41) is 0. The first-order chi connectivity index (χ1) is 7.92. The van der Waals surface area contributed by atoms with Crippen LogP contribution >= 0.6 is 0 Å². The molecular formula is C13H16F3N. The predicted molar refractivity (Wildman–Crippen MR) is 60.4 cm³/mol. The first kappa shape index (κ1) is 12.4. The van der Waals surface area contributed by atoms with Crippen LogP contribution in [0.2, 0.25) is 0 Å². The van der Waals surface area contributed by atoms with Crippen LogP contribution in [-0.4, -0.2) is 0 Å². The number of benzene rings is 1. The van der Waals surface area contributed by atoms with Crippen molar-refractivity contribution in [3.8, 4) is 0 Å². The van der Waals surface area contributed by atoms with Gasteiger partial charge in [-0.05, 0) is 30.5 Å². The summed E-state index contributed by atoms with van der Waals surface area (Å²) in [6.45, 7) is 0. The summed E-state index contributed by atoms with van der Waals surface area (Å²) < 4.78 is 37.3. The van der Waals surface area contributed by atoms with Crippen molar-refractivity contribution in [1.29, 1.82) is 0 Å². The summed E-state index contributed by atoms with van der Waals surface area (Å²) in [6.07, 6.45) is 0.720. The molecule has 1 nitrogen and oxygen atoms in total. The van der Waals surface area contributed by atoms with Crippen molar-refractivity contribution in [3.05, 3.63) is 35.4 Å². The van der Waals surface area contributed by atoms with Gasteiger partial charge in [0.15, 0.2) is 0 Å². The molecule has 0 amide bonds. The molecule has 0 spiro atoms. The normalized spacial score (nSPS) is 20.2. The van der Waals surface area contributed by atoms with Crippen LogP contribution in [0.25, 0.3) is 0 Å². The summed E-state index contributed by atoms with van der Waals surface area (Å²) >= 11 is 0. The number of halogens is 3. The van der Waals surface area contributed by atoms with Gasteiger partial charge in [0, 0.05) is 5.54 Å². The van der Waals surface area contributed by atoms with E-state index in [-0.39, 0.29) is 0 Å². The molecule has 0 aromatic heterocycles. The summed E-state index contributed by atoms with van der Waals surface area (Å²) in [6, 6.07) is 5.29. The van der Waals surface area contributed by atoms with E-state index < -0.39 is 17.3 Å². The van der Waals surface area contributed by atoms with E-state index in [0.717, 1.165) is 43.4 Å². The van der Waals surface area contributed by atoms with Crippen molar-refractivity contribution in [2.75, 3.05) is 0 Å². The molecule has 0 aliphatic heterocycles. The molecule has 0 saturated heterocycles. The number of hydrogen-bond acceptors (Lipinski definition) is 1. The Morgan fingerprint density at radius 1 is 0.941 bits per heavy atom. The van der Waals surface area contributed by atoms with Crippen LogP contribution in [0.15, 0.2) is 24.3 Å². The molecule has 4 heteroatoms. The van der Waals surface area contributed by atoms with Crippen molar-refractivity contribution in [1.82, 2.24) is 0 Å². The lowest BCUT2D eigenvalue weighted by Gasteiger charge is -2.34. The second-order valence-corrected chi connectivity index (χ2v) is 4.79. The van der Waals surface area contributed by atoms with Gasteiger partial charge in [0.25, 0.3) is 0 Å². The second-order valence-electron chi connectivity index (χ2n) is 4.79. The molecule has 0 radical (unpaired) electrons. The summed E-state index contributed by atoms with van der Waals surface area (Å²) in [4.78, 5) is 0. The third-order valence-electron chi connectivity index (χ3n) is 3.53. The quantitative estimate of drug-likeness (QED) is 0.797. The van der Waals surface area contributed by atoms with E-state index in [1.54, 1.807) is 0 Å². The lowest BCUT2D eigenvalue weighted by molar-refractivity contribution is -0.137. The highest BCUT2D eigenvalue weighted by molar-refractivity contribution is 5.30. The molecular weight excluding hydrogens is 227 g/mol. The van der Waals surface area contributed by atoms with Gasteiger partial charge in [-0.25, -0.2) is 0 Å². The highest BCUT2D eigenvalue weighted by Gasteiger charge is 2.33. The van der Waals surface area contributed by atoms with E-state index in [2.05, 4.69) is 0 Å². The minimum Gasteiger partial charge on any atom is -0.321 e. The minimum atomic E-state index is -4.27. The van der Waals surface area contributed by atoms with Crippen LogP contribution in [0.5, 0.6) is 0 Å². The molecule has 1 aliphatic rings. The Morgan fingerprint density at radius 2 is 1.47 bits per heavy atom. The van der Waals surface area contributed by atoms with E-state index in [1.165, 1.54) is 18.6 Å². The molecule has 1 aromatic rings. The van der Waals surface area contributed by atoms with Crippen molar-refractivity contribution >= 4 is 0 Å². The Labute approximate surface area is 98.8 Å². The van der Waals surface area contributed by atoms with Crippen molar-refractivity contribution in [2.24, 2.45) is 5.73 Å². The third-order valence-corrected chi connectivity index (χ3v) is 3.53. The highest BCUT2D eigenvalue weighted by atomic mass is 19.4. The Balaban J connectivity index is 2.23. The molecule has 0 bridgehead atoms. The molecule has 0 unspecified atom stereocenters. The van der Waals surface area contributed by atoms with Gasteiger partial charge in [-0.2, -0.15) is 13.2 Å². The predicted octanol–water partition coefficient (Wildman–Crippen LogP) is 3.82. The Kier molecular flexibility index (Phi) is 3.17. The topological polar surface area (TPSA) is 26.0 Å². The van der Waals surface area contributed by atoms with Gasteiger partial charge in [-0.15, -0.1) is 0 Å². The fourth-order valence-electron chi connectivity index (χ4n) is 2.46. The summed E-state index contributed by atoms with van der Waals surface area (Å²) in [7, 11) is 0. The zero-order chi connectivity index (χ0) is 12.5. The van der Waals surface area contributed by atoms with E-state index in [0.29, 0.717) is 0 Å². The van der Waals surface area contributed by atoms with Crippen LogP contribution < -0.4 is 5.73 Å². The largest absolute Gasteiger partial charge is 0.416 e. The van der Waals surface area contributed by atoms with E-state index in [1.807, 2.05) is 0 Å². The minimum absolute atomic E-state index is 0.428. The van der Waals surface area contributed by atoms with Crippen molar-refractivity contribution in [3.63, 3.8) is 0 Å². The van der Waals surface area contributed by atoms with Gasteiger partial charge in [0.05, 0.1) is 5.56 Å². The van der Waals surface area contributed by atoms with Crippen LogP contribution in [0.4, 0.5) is 13.2 Å². The maximum absolute atomic E-state index is 12.4. The average Bonchev–Trinajstić information content (AvgIpc) is 2.29. The summed E-state index contributed by atoms with van der Waals surface area (Å²) in [5.74, 6) is 0. The fraction of sp³-hybridized carbons (Fsp3) is 0.538. The maximum Gasteiger partial charge on any atom is 0.416 e. The Bertz CT molecular complexity index is 375. The molecule has 0 atom stereocenters. The highest BCUT2D eigenvalue weighted by Crippen LogP contribution is 2.36. The maximum atomic E-state index is 12.4. The van der Waals surface area contributed by atoms with E-state index in [9.17, 15) is 13.2 Å². The molecule has 0 heterocycles. The van der Waals surface area contributed by atoms with Gasteiger partial charge >= 0.3 is 6.18 Å². The molecule has 2 N–H and O–H groups in total. The van der Waals surface area contributed by atoms with Gasteiger partial charge in [-0.1, -0.05) is 31.4 Å². The molecule has 1 saturated carbocycles. The van der Waals surface area contributed by atoms with Crippen LogP contribution in [0.1, 0.15) is 43.2 Å². The zero-order valence-electron chi connectivity index (χ0n) is 9.56. The Morgan fingerprint density at radius 3 is 1.94 bits per heavy atom. The van der Waals surface area contributed by atoms with Gasteiger partial charge in [-0.3, -0.25) is 0 Å². The smallest absolute Gasteiger partial charge is 0.321 e. The number of alkyl halides is 3. The monoisotopic (exact) mass is 243 g/mol. The third kappa shape index (κ3) is 2.63. The lowest BCUT2D eigenvalue weighted by Crippen LogP contribution is -2.38. The van der Waals surface area contributed by atoms with Gasteiger partial charge in [0.2, 0.25) is 0 Å². The van der Waals surface area contributed by atoms with E-state index in [4.69, 9.17) is 5.73 Å². The van der Waals surface area contributed by atoms with Crippen molar-refractivity contribution in [2.45, 2.75) is 43.8 Å². The SMILES string of the molecule is NC1(c2ccc(C(F)(F)F)cc2)CCCCC1. The molecule has 1 aromatic carbocycles. The lowest BCUT2D eigenvalue weighted by atomic mass is 9.77. The van der Waals surface area contributed by atoms with Crippen molar-refractivity contribution < 1.29 is 13.2 Å². The molecule has 1 aliphatic carbocycles. The van der Waals surface area contributed by atoms with Gasteiger partial charge < -0.3 is 5.73 Å². The molecule has 17 heavy (non-hydrogen) atoms. The fourth-order valence-corrected chi connectivity index (χ4v) is 2.46. The second kappa shape index (κ2) is 4.33. The molecule has 2 rings (SSSR count). The number of nitrogens with two attached hydrogens (primary N) is 1. The molecule has 94 valence electrons. The Hall–Kier alpha value is -1.03. The van der Waals surface area contributed by atoms with Gasteiger partial charge in [0.1, 0.15) is 0 Å². The average molecular weight is 243 g/mol. The number of rotatable bonds is 1. The summed E-state index contributed by atoms with van der Waals surface area (Å²) in [5.41, 5.74) is 6.04.